The van der Waals surface area contributed by atoms with Crippen molar-refractivity contribution in [3.63, 3.8) is 0 Å². The fourth-order valence-corrected chi connectivity index (χ4v) is 2.66. The second-order valence-corrected chi connectivity index (χ2v) is 6.35. The highest BCUT2D eigenvalue weighted by Crippen LogP contribution is 2.37. The Labute approximate surface area is 137 Å². The molecule has 0 saturated heterocycles. The molecule has 23 heavy (non-hydrogen) atoms. The number of fused-ring (bicyclic) bond motifs is 1. The molecule has 4 heteroatoms. The molecule has 1 aliphatic heterocycles. The molecule has 0 bridgehead atoms. The summed E-state index contributed by atoms with van der Waals surface area (Å²) in [5.41, 5.74) is 4.23. The minimum Gasteiger partial charge on any atom is -0.489 e. The van der Waals surface area contributed by atoms with E-state index in [0.717, 1.165) is 41.4 Å². The van der Waals surface area contributed by atoms with E-state index < -0.39 is 5.97 Å². The number of carbonyl (C=O) groups is 1. The minimum absolute atomic E-state index is 0.0286. The van der Waals surface area contributed by atoms with E-state index in [-0.39, 0.29) is 18.6 Å². The van der Waals surface area contributed by atoms with Crippen LogP contribution in [-0.4, -0.2) is 28.9 Å². The van der Waals surface area contributed by atoms with Gasteiger partial charge in [0.25, 0.3) is 0 Å². The Bertz CT molecular complexity index is 639. The maximum absolute atomic E-state index is 10.7. The number of carboxylic acids is 1. The molecule has 2 N–H and O–H groups in total. The zero-order valence-electron chi connectivity index (χ0n) is 13.9. The predicted octanol–water partition coefficient (Wildman–Crippen LogP) is 3.23. The molecule has 1 heterocycles. The molecule has 0 unspecified atom stereocenters. The number of carboxylic acid groups (broad SMARTS) is 1. The molecule has 124 valence electrons. The summed E-state index contributed by atoms with van der Waals surface area (Å²) in [6, 6.07) is 3.95. The van der Waals surface area contributed by atoms with Gasteiger partial charge in [0.1, 0.15) is 11.9 Å². The van der Waals surface area contributed by atoms with Crippen LogP contribution in [0.2, 0.25) is 0 Å². The normalized spacial score (nSPS) is 17.7. The Kier molecular flexibility index (Phi) is 5.61. The third-order valence-corrected chi connectivity index (χ3v) is 4.03. The molecule has 0 spiro atoms. The van der Waals surface area contributed by atoms with Gasteiger partial charge in [-0.2, -0.15) is 0 Å². The Morgan fingerprint density at radius 1 is 1.43 bits per heavy atom. The van der Waals surface area contributed by atoms with Gasteiger partial charge in [0.2, 0.25) is 0 Å². The van der Waals surface area contributed by atoms with Crippen molar-refractivity contribution < 1.29 is 19.7 Å². The van der Waals surface area contributed by atoms with Crippen molar-refractivity contribution >= 4 is 12.0 Å². The second kappa shape index (κ2) is 7.47. The highest BCUT2D eigenvalue weighted by Gasteiger charge is 2.29. The minimum atomic E-state index is -0.959. The van der Waals surface area contributed by atoms with Crippen LogP contribution < -0.4 is 4.74 Å². The highest BCUT2D eigenvalue weighted by atomic mass is 16.5. The van der Waals surface area contributed by atoms with Crippen molar-refractivity contribution in [3.8, 4) is 5.75 Å². The summed E-state index contributed by atoms with van der Waals surface area (Å²) in [5, 5.41) is 18.2. The Morgan fingerprint density at radius 2 is 2.17 bits per heavy atom. The molecule has 1 aromatic carbocycles. The van der Waals surface area contributed by atoms with E-state index in [1.165, 1.54) is 5.57 Å². The molecule has 0 fully saturated rings. The van der Waals surface area contributed by atoms with Gasteiger partial charge in [0, 0.05) is 25.0 Å². The predicted molar refractivity (Wildman–Crippen MR) is 90.6 cm³/mol. The van der Waals surface area contributed by atoms with Crippen LogP contribution in [0.4, 0.5) is 0 Å². The summed E-state index contributed by atoms with van der Waals surface area (Å²) in [5.74, 6) is -0.00336. The quantitative estimate of drug-likeness (QED) is 0.624. The van der Waals surface area contributed by atoms with E-state index in [1.54, 1.807) is 6.08 Å². The Morgan fingerprint density at radius 3 is 2.78 bits per heavy atom. The third-order valence-electron chi connectivity index (χ3n) is 4.03. The molecular weight excluding hydrogens is 292 g/mol. The molecule has 2 atom stereocenters. The average Bonchev–Trinajstić information content (AvgIpc) is 2.93. The average molecular weight is 316 g/mol. The van der Waals surface area contributed by atoms with Crippen molar-refractivity contribution in [1.82, 2.24) is 0 Å². The summed E-state index contributed by atoms with van der Waals surface area (Å²) in [6.07, 6.45) is 6.35. The van der Waals surface area contributed by atoms with E-state index in [4.69, 9.17) is 9.84 Å². The van der Waals surface area contributed by atoms with Crippen LogP contribution in [0.1, 0.15) is 37.5 Å². The molecule has 2 rings (SSSR count). The van der Waals surface area contributed by atoms with Crippen LogP contribution in [0.25, 0.3) is 6.08 Å². The lowest BCUT2D eigenvalue weighted by Gasteiger charge is -2.17. The molecule has 1 aliphatic rings. The molecule has 0 aromatic heterocycles. The third kappa shape index (κ3) is 4.45. The summed E-state index contributed by atoms with van der Waals surface area (Å²) in [4.78, 5) is 10.7. The summed E-state index contributed by atoms with van der Waals surface area (Å²) < 4.78 is 6.07. The SMILES string of the molecule is CC(C)=CCc1cc(C=CC(=O)O)cc2c1O[C@H]([C@@H](C)CO)C2. The second-order valence-electron chi connectivity index (χ2n) is 6.35. The first-order valence-electron chi connectivity index (χ1n) is 7.88. The van der Waals surface area contributed by atoms with E-state index >= 15 is 0 Å². The largest absolute Gasteiger partial charge is 0.489 e. The monoisotopic (exact) mass is 316 g/mol. The van der Waals surface area contributed by atoms with Crippen molar-refractivity contribution in [3.05, 3.63) is 46.5 Å². The molecule has 0 aliphatic carbocycles. The van der Waals surface area contributed by atoms with Crippen LogP contribution in [0.15, 0.2) is 29.9 Å². The van der Waals surface area contributed by atoms with Crippen LogP contribution in [0.5, 0.6) is 5.75 Å². The Hall–Kier alpha value is -2.07. The van der Waals surface area contributed by atoms with Gasteiger partial charge >= 0.3 is 5.97 Å². The zero-order chi connectivity index (χ0) is 17.0. The molecule has 1 aromatic rings. The number of ether oxygens (including phenoxy) is 1. The number of aliphatic hydroxyl groups excluding tert-OH is 1. The lowest BCUT2D eigenvalue weighted by molar-refractivity contribution is -0.131. The molecular formula is C19H24O4. The van der Waals surface area contributed by atoms with Crippen molar-refractivity contribution in [2.24, 2.45) is 5.92 Å². The number of aliphatic carboxylic acids is 1. The fourth-order valence-electron chi connectivity index (χ4n) is 2.66. The van der Waals surface area contributed by atoms with E-state index in [9.17, 15) is 9.90 Å². The number of aliphatic hydroxyl groups is 1. The molecule has 4 nitrogen and oxygen atoms in total. The molecule has 0 amide bonds. The maximum atomic E-state index is 10.7. The van der Waals surface area contributed by atoms with E-state index in [0.29, 0.717) is 0 Å². The highest BCUT2D eigenvalue weighted by molar-refractivity contribution is 5.85. The first kappa shape index (κ1) is 17.3. The molecule has 0 radical (unpaired) electrons. The van der Waals surface area contributed by atoms with Crippen molar-refractivity contribution in [1.29, 1.82) is 0 Å². The number of rotatable bonds is 6. The van der Waals surface area contributed by atoms with Crippen molar-refractivity contribution in [2.45, 2.75) is 39.7 Å². The van der Waals surface area contributed by atoms with Gasteiger partial charge in [-0.3, -0.25) is 0 Å². The topological polar surface area (TPSA) is 66.8 Å². The molecule has 0 saturated carbocycles. The maximum Gasteiger partial charge on any atom is 0.328 e. The van der Waals surface area contributed by atoms with Gasteiger partial charge in [0.05, 0.1) is 0 Å². The standard InChI is InChI=1S/C19H24O4/c1-12(2)4-6-15-8-14(5-7-18(21)22)9-16-10-17(13(3)11-20)23-19(15)16/h4-5,7-9,13,17,20H,6,10-11H2,1-3H3,(H,21,22)/t13-,17-/m0/s1. The van der Waals surface area contributed by atoms with Gasteiger partial charge < -0.3 is 14.9 Å². The van der Waals surface area contributed by atoms with E-state index in [2.05, 4.69) is 6.08 Å². The van der Waals surface area contributed by atoms with Gasteiger partial charge in [-0.25, -0.2) is 4.79 Å². The van der Waals surface area contributed by atoms with Gasteiger partial charge in [0.15, 0.2) is 0 Å². The number of hydrogen-bond donors (Lipinski definition) is 2. The number of benzene rings is 1. The van der Waals surface area contributed by atoms with Crippen LogP contribution in [-0.2, 0) is 17.6 Å². The van der Waals surface area contributed by atoms with Crippen molar-refractivity contribution in [2.75, 3.05) is 6.61 Å². The van der Waals surface area contributed by atoms with E-state index in [1.807, 2.05) is 32.9 Å². The fraction of sp³-hybridized carbons (Fsp3) is 0.421. The smallest absolute Gasteiger partial charge is 0.328 e. The summed E-state index contributed by atoms with van der Waals surface area (Å²) in [6.45, 7) is 6.16. The lowest BCUT2D eigenvalue weighted by Crippen LogP contribution is -2.25. The first-order valence-corrected chi connectivity index (χ1v) is 7.88. The lowest BCUT2D eigenvalue weighted by atomic mass is 9.96. The van der Waals surface area contributed by atoms with Gasteiger partial charge in [-0.05, 0) is 55.2 Å². The summed E-state index contributed by atoms with van der Waals surface area (Å²) in [7, 11) is 0. The van der Waals surface area contributed by atoms with Gasteiger partial charge in [-0.15, -0.1) is 0 Å². The number of hydrogen-bond acceptors (Lipinski definition) is 3. The Balaban J connectivity index is 2.36. The van der Waals surface area contributed by atoms with Crippen LogP contribution in [0, 0.1) is 5.92 Å². The first-order chi connectivity index (χ1) is 10.9. The zero-order valence-corrected chi connectivity index (χ0v) is 13.9. The van der Waals surface area contributed by atoms with Crippen LogP contribution >= 0.6 is 0 Å². The van der Waals surface area contributed by atoms with Gasteiger partial charge in [-0.1, -0.05) is 18.6 Å². The summed E-state index contributed by atoms with van der Waals surface area (Å²) >= 11 is 0. The number of allylic oxidation sites excluding steroid dienone is 2. The van der Waals surface area contributed by atoms with Crippen LogP contribution in [0.3, 0.4) is 0 Å².